The first kappa shape index (κ1) is 14.4. The fraction of sp³-hybridized carbons (Fsp3) is 0.294. The van der Waals surface area contributed by atoms with Crippen LogP contribution in [0.2, 0.25) is 0 Å². The van der Waals surface area contributed by atoms with Crippen LogP contribution in [0.25, 0.3) is 0 Å². The molecule has 20 heavy (non-hydrogen) atoms. The van der Waals surface area contributed by atoms with E-state index in [2.05, 4.69) is 48.3 Å². The topological polar surface area (TPSA) is 38.5 Å². The molecule has 0 radical (unpaired) electrons. The number of methoxy groups -OCH3 is 1. The maximum atomic E-state index is 5.68. The molecule has 0 saturated heterocycles. The van der Waals surface area contributed by atoms with Gasteiger partial charge in [0.2, 0.25) is 0 Å². The molecule has 0 aliphatic carbocycles. The van der Waals surface area contributed by atoms with Crippen LogP contribution < -0.4 is 15.4 Å². The summed E-state index contributed by atoms with van der Waals surface area (Å²) in [5, 5.41) is 0. The summed E-state index contributed by atoms with van der Waals surface area (Å²) >= 11 is 0. The lowest BCUT2D eigenvalue weighted by molar-refractivity contribution is 0.414. The van der Waals surface area contributed by atoms with E-state index in [4.69, 9.17) is 10.5 Å². The average molecular weight is 270 g/mol. The monoisotopic (exact) mass is 270 g/mol. The Balaban J connectivity index is 2.17. The minimum atomic E-state index is 0.671. The van der Waals surface area contributed by atoms with Crippen molar-refractivity contribution in [3.8, 4) is 5.75 Å². The third-order valence-electron chi connectivity index (χ3n) is 3.37. The Morgan fingerprint density at radius 1 is 1.10 bits per heavy atom. The number of nitrogens with two attached hydrogens (primary N) is 1. The average Bonchev–Trinajstić information content (AvgIpc) is 2.48. The Labute approximate surface area is 121 Å². The largest absolute Gasteiger partial charge is 0.497 e. The molecule has 3 heteroatoms. The molecule has 106 valence electrons. The van der Waals surface area contributed by atoms with Crippen molar-refractivity contribution >= 4 is 5.69 Å². The quantitative estimate of drug-likeness (QED) is 0.877. The molecule has 3 nitrogen and oxygen atoms in total. The summed E-state index contributed by atoms with van der Waals surface area (Å²) in [5.41, 5.74) is 9.44. The molecule has 2 aromatic carbocycles. The van der Waals surface area contributed by atoms with Crippen LogP contribution in [0.15, 0.2) is 48.5 Å². The van der Waals surface area contributed by atoms with Gasteiger partial charge in [0.1, 0.15) is 5.75 Å². The highest BCUT2D eigenvalue weighted by Gasteiger charge is 2.07. The lowest BCUT2D eigenvalue weighted by atomic mass is 10.1. The lowest BCUT2D eigenvalue weighted by Crippen LogP contribution is -2.18. The van der Waals surface area contributed by atoms with Crippen LogP contribution in [0.1, 0.15) is 11.1 Å². The van der Waals surface area contributed by atoms with Crippen molar-refractivity contribution in [1.82, 2.24) is 0 Å². The van der Waals surface area contributed by atoms with E-state index in [0.29, 0.717) is 6.54 Å². The van der Waals surface area contributed by atoms with Gasteiger partial charge < -0.3 is 15.4 Å². The zero-order valence-electron chi connectivity index (χ0n) is 12.2. The summed E-state index contributed by atoms with van der Waals surface area (Å²) in [6.07, 6.45) is 0.901. The normalized spacial score (nSPS) is 10.3. The Morgan fingerprint density at radius 3 is 2.65 bits per heavy atom. The molecule has 0 amide bonds. The van der Waals surface area contributed by atoms with Gasteiger partial charge in [0.15, 0.2) is 0 Å². The van der Waals surface area contributed by atoms with Gasteiger partial charge in [-0.2, -0.15) is 0 Å². The van der Waals surface area contributed by atoms with Crippen LogP contribution >= 0.6 is 0 Å². The van der Waals surface area contributed by atoms with E-state index in [0.717, 1.165) is 18.7 Å². The third kappa shape index (κ3) is 3.52. The van der Waals surface area contributed by atoms with Crippen molar-refractivity contribution in [2.24, 2.45) is 5.73 Å². The maximum Gasteiger partial charge on any atom is 0.119 e. The molecule has 0 spiro atoms. The van der Waals surface area contributed by atoms with Crippen LogP contribution in [-0.4, -0.2) is 20.7 Å². The van der Waals surface area contributed by atoms with E-state index < -0.39 is 0 Å². The van der Waals surface area contributed by atoms with Gasteiger partial charge in [0.05, 0.1) is 7.11 Å². The fourth-order valence-electron chi connectivity index (χ4n) is 2.38. The molecule has 0 unspecified atom stereocenters. The lowest BCUT2D eigenvalue weighted by Gasteiger charge is -2.22. The van der Waals surface area contributed by atoms with Crippen molar-refractivity contribution in [2.75, 3.05) is 25.6 Å². The summed E-state index contributed by atoms with van der Waals surface area (Å²) in [7, 11) is 3.80. The van der Waals surface area contributed by atoms with Crippen molar-refractivity contribution in [3.05, 3.63) is 59.7 Å². The number of para-hydroxylation sites is 1. The summed E-state index contributed by atoms with van der Waals surface area (Å²) in [6.45, 7) is 1.52. The molecule has 0 heterocycles. The van der Waals surface area contributed by atoms with E-state index in [1.54, 1.807) is 7.11 Å². The van der Waals surface area contributed by atoms with Crippen LogP contribution in [0, 0.1) is 0 Å². The zero-order chi connectivity index (χ0) is 14.4. The van der Waals surface area contributed by atoms with Gasteiger partial charge in [-0.15, -0.1) is 0 Å². The van der Waals surface area contributed by atoms with E-state index in [1.165, 1.54) is 16.8 Å². The minimum Gasteiger partial charge on any atom is -0.497 e. The van der Waals surface area contributed by atoms with Crippen LogP contribution in [0.3, 0.4) is 0 Å². The van der Waals surface area contributed by atoms with E-state index in [9.17, 15) is 0 Å². The van der Waals surface area contributed by atoms with E-state index in [1.807, 2.05) is 12.1 Å². The number of hydrogen-bond acceptors (Lipinski definition) is 3. The summed E-state index contributed by atoms with van der Waals surface area (Å²) < 4.78 is 5.27. The van der Waals surface area contributed by atoms with Gasteiger partial charge in [0, 0.05) is 19.3 Å². The van der Waals surface area contributed by atoms with E-state index >= 15 is 0 Å². The standard InChI is InChI=1S/C17H22N2O/c1-19(13-14-6-5-8-16(12-14)20-2)17-9-4-3-7-15(17)10-11-18/h3-9,12H,10-11,13,18H2,1-2H3. The first-order chi connectivity index (χ1) is 9.74. The van der Waals surface area contributed by atoms with Gasteiger partial charge >= 0.3 is 0 Å². The van der Waals surface area contributed by atoms with Crippen LogP contribution in [0.4, 0.5) is 5.69 Å². The number of benzene rings is 2. The van der Waals surface area contributed by atoms with Crippen LogP contribution in [-0.2, 0) is 13.0 Å². The predicted molar refractivity (Wildman–Crippen MR) is 84.3 cm³/mol. The molecule has 2 aromatic rings. The number of hydrogen-bond donors (Lipinski definition) is 1. The molecule has 0 fully saturated rings. The fourth-order valence-corrected chi connectivity index (χ4v) is 2.38. The minimum absolute atomic E-state index is 0.671. The first-order valence-corrected chi connectivity index (χ1v) is 6.86. The van der Waals surface area contributed by atoms with E-state index in [-0.39, 0.29) is 0 Å². The number of rotatable bonds is 6. The second-order valence-corrected chi connectivity index (χ2v) is 4.87. The smallest absolute Gasteiger partial charge is 0.119 e. The van der Waals surface area contributed by atoms with Gasteiger partial charge in [-0.25, -0.2) is 0 Å². The zero-order valence-corrected chi connectivity index (χ0v) is 12.2. The summed E-state index contributed by atoms with van der Waals surface area (Å²) in [4.78, 5) is 2.25. The van der Waals surface area contributed by atoms with Gasteiger partial charge in [-0.1, -0.05) is 30.3 Å². The van der Waals surface area contributed by atoms with Gasteiger partial charge in [-0.3, -0.25) is 0 Å². The Morgan fingerprint density at radius 2 is 1.90 bits per heavy atom. The highest BCUT2D eigenvalue weighted by atomic mass is 16.5. The van der Waals surface area contributed by atoms with Crippen molar-refractivity contribution in [1.29, 1.82) is 0 Å². The maximum absolute atomic E-state index is 5.68. The molecule has 2 rings (SSSR count). The number of nitrogens with zero attached hydrogens (tertiary/aromatic N) is 1. The Kier molecular flexibility index (Phi) is 5.02. The second kappa shape index (κ2) is 6.96. The molecule has 0 aliphatic rings. The highest BCUT2D eigenvalue weighted by molar-refractivity contribution is 5.53. The Hall–Kier alpha value is -2.00. The molecule has 0 atom stereocenters. The highest BCUT2D eigenvalue weighted by Crippen LogP contribution is 2.22. The summed E-state index contributed by atoms with van der Waals surface area (Å²) in [5.74, 6) is 0.895. The number of ether oxygens (including phenoxy) is 1. The summed E-state index contributed by atoms with van der Waals surface area (Å²) in [6, 6.07) is 16.6. The third-order valence-corrected chi connectivity index (χ3v) is 3.37. The van der Waals surface area contributed by atoms with Gasteiger partial charge in [0.25, 0.3) is 0 Å². The number of anilines is 1. The van der Waals surface area contributed by atoms with Gasteiger partial charge in [-0.05, 0) is 42.3 Å². The predicted octanol–water partition coefficient (Wildman–Crippen LogP) is 2.83. The Bertz CT molecular complexity index is 554. The molecule has 0 aromatic heterocycles. The first-order valence-electron chi connectivity index (χ1n) is 6.86. The van der Waals surface area contributed by atoms with Crippen molar-refractivity contribution in [2.45, 2.75) is 13.0 Å². The molecule has 0 saturated carbocycles. The van der Waals surface area contributed by atoms with Crippen LogP contribution in [0.5, 0.6) is 5.75 Å². The molecular weight excluding hydrogens is 248 g/mol. The van der Waals surface area contributed by atoms with Crippen molar-refractivity contribution in [3.63, 3.8) is 0 Å². The molecular formula is C17H22N2O. The second-order valence-electron chi connectivity index (χ2n) is 4.87. The molecule has 0 aliphatic heterocycles. The molecule has 0 bridgehead atoms. The molecule has 2 N–H and O–H groups in total. The SMILES string of the molecule is COc1cccc(CN(C)c2ccccc2CCN)c1. The van der Waals surface area contributed by atoms with Crippen molar-refractivity contribution < 1.29 is 4.74 Å².